The summed E-state index contributed by atoms with van der Waals surface area (Å²) in [5, 5.41) is 0. The summed E-state index contributed by atoms with van der Waals surface area (Å²) in [5.41, 5.74) is 1.17. The largest absolute Gasteiger partial charge is 0.0985 e. The third-order valence-corrected chi connectivity index (χ3v) is 1.04. The van der Waals surface area contributed by atoms with Crippen molar-refractivity contribution >= 4 is 6.08 Å². The summed E-state index contributed by atoms with van der Waals surface area (Å²) >= 11 is 0. The standard InChI is InChI=1S/C8H8.Rh/c1-2-8-6-4-3-5-7-8;/h2-7H,1H2;. The number of hydrogen-bond acceptors (Lipinski definition) is 0. The first-order valence-corrected chi connectivity index (χ1v) is 2.61. The molecule has 0 nitrogen and oxygen atoms in total. The number of hydrogen-bond donors (Lipinski definition) is 0. The van der Waals surface area contributed by atoms with Crippen LogP contribution in [0.25, 0.3) is 6.08 Å². The van der Waals surface area contributed by atoms with Gasteiger partial charge >= 0.3 is 0 Å². The van der Waals surface area contributed by atoms with E-state index in [4.69, 9.17) is 0 Å². The van der Waals surface area contributed by atoms with Crippen LogP contribution in [0.15, 0.2) is 36.9 Å². The van der Waals surface area contributed by atoms with E-state index in [0.29, 0.717) is 0 Å². The van der Waals surface area contributed by atoms with Crippen molar-refractivity contribution in [1.82, 2.24) is 0 Å². The van der Waals surface area contributed by atoms with Crippen LogP contribution in [0.2, 0.25) is 0 Å². The van der Waals surface area contributed by atoms with Crippen LogP contribution < -0.4 is 0 Å². The average molecular weight is 207 g/mol. The molecule has 1 aromatic rings. The van der Waals surface area contributed by atoms with E-state index in [9.17, 15) is 0 Å². The zero-order chi connectivity index (χ0) is 5.82. The Balaban J connectivity index is 0.000000640. The fourth-order valence-electron chi connectivity index (χ4n) is 0.589. The molecule has 0 aliphatic heterocycles. The molecule has 0 fully saturated rings. The Morgan fingerprint density at radius 3 is 2.00 bits per heavy atom. The molecular formula is C8H8Rh. The van der Waals surface area contributed by atoms with Gasteiger partial charge in [-0.25, -0.2) is 0 Å². The quantitative estimate of drug-likeness (QED) is 0.620. The molecule has 0 spiro atoms. The number of benzene rings is 1. The third kappa shape index (κ3) is 2.57. The van der Waals surface area contributed by atoms with E-state index in [0.717, 1.165) is 0 Å². The Morgan fingerprint density at radius 1 is 1.11 bits per heavy atom. The van der Waals surface area contributed by atoms with Crippen LogP contribution in [-0.4, -0.2) is 0 Å². The van der Waals surface area contributed by atoms with Crippen molar-refractivity contribution < 1.29 is 19.5 Å². The van der Waals surface area contributed by atoms with Crippen LogP contribution >= 0.6 is 0 Å². The van der Waals surface area contributed by atoms with Crippen molar-refractivity contribution in [2.75, 3.05) is 0 Å². The fraction of sp³-hybridized carbons (Fsp3) is 0. The minimum Gasteiger partial charge on any atom is -0.0985 e. The summed E-state index contributed by atoms with van der Waals surface area (Å²) in [7, 11) is 0. The monoisotopic (exact) mass is 207 g/mol. The fourth-order valence-corrected chi connectivity index (χ4v) is 0.589. The first kappa shape index (κ1) is 8.58. The Hall–Kier alpha value is -0.417. The SMILES string of the molecule is C=Cc1ccccc1.[Rh]. The molecule has 0 aromatic heterocycles. The Labute approximate surface area is 68.4 Å². The predicted molar refractivity (Wildman–Crippen MR) is 36.5 cm³/mol. The van der Waals surface area contributed by atoms with Gasteiger partial charge < -0.3 is 0 Å². The van der Waals surface area contributed by atoms with Gasteiger partial charge in [-0.3, -0.25) is 0 Å². The van der Waals surface area contributed by atoms with Crippen LogP contribution in [0.4, 0.5) is 0 Å². The van der Waals surface area contributed by atoms with Gasteiger partial charge in [-0.05, 0) is 5.56 Å². The van der Waals surface area contributed by atoms with Crippen molar-refractivity contribution in [2.24, 2.45) is 0 Å². The maximum absolute atomic E-state index is 3.63. The molecule has 1 rings (SSSR count). The van der Waals surface area contributed by atoms with Crippen molar-refractivity contribution in [3.63, 3.8) is 0 Å². The van der Waals surface area contributed by atoms with Gasteiger partial charge in [0.15, 0.2) is 0 Å². The molecule has 0 saturated carbocycles. The van der Waals surface area contributed by atoms with E-state index in [2.05, 4.69) is 6.58 Å². The van der Waals surface area contributed by atoms with E-state index in [1.54, 1.807) is 0 Å². The van der Waals surface area contributed by atoms with Gasteiger partial charge in [-0.1, -0.05) is 43.0 Å². The summed E-state index contributed by atoms with van der Waals surface area (Å²) in [6, 6.07) is 10.0. The molecule has 0 unspecified atom stereocenters. The van der Waals surface area contributed by atoms with Crippen LogP contribution in [-0.2, 0) is 19.5 Å². The molecule has 0 aliphatic carbocycles. The Kier molecular flexibility index (Phi) is 4.25. The van der Waals surface area contributed by atoms with Crippen molar-refractivity contribution in [1.29, 1.82) is 0 Å². The minimum atomic E-state index is 0. The Morgan fingerprint density at radius 2 is 1.67 bits per heavy atom. The summed E-state index contributed by atoms with van der Waals surface area (Å²) in [6.45, 7) is 3.63. The van der Waals surface area contributed by atoms with Gasteiger partial charge in [0.1, 0.15) is 0 Å². The zero-order valence-corrected chi connectivity index (χ0v) is 6.64. The topological polar surface area (TPSA) is 0 Å². The maximum Gasteiger partial charge on any atom is 0 e. The molecule has 49 valence electrons. The van der Waals surface area contributed by atoms with E-state index >= 15 is 0 Å². The molecule has 1 radical (unpaired) electrons. The second-order valence-electron chi connectivity index (χ2n) is 1.61. The van der Waals surface area contributed by atoms with Crippen LogP contribution in [0.3, 0.4) is 0 Å². The predicted octanol–water partition coefficient (Wildman–Crippen LogP) is 2.33. The third-order valence-electron chi connectivity index (χ3n) is 1.04. The van der Waals surface area contributed by atoms with Crippen molar-refractivity contribution in [3.05, 3.63) is 42.5 Å². The summed E-state index contributed by atoms with van der Waals surface area (Å²) < 4.78 is 0. The van der Waals surface area contributed by atoms with Gasteiger partial charge in [0, 0.05) is 19.5 Å². The molecule has 0 saturated heterocycles. The smallest absolute Gasteiger partial charge is 0 e. The van der Waals surface area contributed by atoms with Gasteiger partial charge in [0.05, 0.1) is 0 Å². The summed E-state index contributed by atoms with van der Waals surface area (Å²) in [4.78, 5) is 0. The maximum atomic E-state index is 3.63. The van der Waals surface area contributed by atoms with Gasteiger partial charge in [-0.15, -0.1) is 0 Å². The van der Waals surface area contributed by atoms with E-state index in [1.165, 1.54) is 5.56 Å². The number of rotatable bonds is 1. The van der Waals surface area contributed by atoms with Crippen molar-refractivity contribution in [2.45, 2.75) is 0 Å². The molecule has 0 heterocycles. The molecular weight excluding hydrogens is 199 g/mol. The van der Waals surface area contributed by atoms with Gasteiger partial charge in [-0.2, -0.15) is 0 Å². The van der Waals surface area contributed by atoms with Gasteiger partial charge in [0.25, 0.3) is 0 Å². The molecule has 0 aliphatic rings. The molecule has 0 atom stereocenters. The van der Waals surface area contributed by atoms with E-state index in [-0.39, 0.29) is 19.5 Å². The second-order valence-corrected chi connectivity index (χ2v) is 1.61. The van der Waals surface area contributed by atoms with E-state index in [1.807, 2.05) is 36.4 Å². The first-order chi connectivity index (χ1) is 3.93. The van der Waals surface area contributed by atoms with Crippen LogP contribution in [0, 0.1) is 0 Å². The molecule has 9 heavy (non-hydrogen) atoms. The second kappa shape index (κ2) is 4.46. The summed E-state index contributed by atoms with van der Waals surface area (Å²) in [5.74, 6) is 0. The van der Waals surface area contributed by atoms with E-state index < -0.39 is 0 Å². The molecule has 1 heteroatoms. The molecule has 0 N–H and O–H groups in total. The first-order valence-electron chi connectivity index (χ1n) is 2.61. The molecule has 1 aromatic carbocycles. The Bertz CT molecular complexity index is 167. The summed E-state index contributed by atoms with van der Waals surface area (Å²) in [6.07, 6.45) is 1.83. The van der Waals surface area contributed by atoms with Gasteiger partial charge in [0.2, 0.25) is 0 Å². The van der Waals surface area contributed by atoms with Crippen LogP contribution in [0.1, 0.15) is 5.56 Å². The van der Waals surface area contributed by atoms with Crippen molar-refractivity contribution in [3.8, 4) is 0 Å². The van der Waals surface area contributed by atoms with Crippen LogP contribution in [0.5, 0.6) is 0 Å². The average Bonchev–Trinajstić information content (AvgIpc) is 1.90. The minimum absolute atomic E-state index is 0. The molecule has 0 bridgehead atoms. The normalized spacial score (nSPS) is 7.56. The zero-order valence-electron chi connectivity index (χ0n) is 5.00. The molecule has 0 amide bonds.